The molecular formula is C17H19F2N3O4. The van der Waals surface area contributed by atoms with E-state index < -0.39 is 35.4 Å². The van der Waals surface area contributed by atoms with Gasteiger partial charge in [0, 0.05) is 13.0 Å². The molecule has 3 aliphatic rings. The first-order chi connectivity index (χ1) is 12.2. The summed E-state index contributed by atoms with van der Waals surface area (Å²) in [6, 6.07) is 2.98. The molecule has 3 N–H and O–H groups in total. The van der Waals surface area contributed by atoms with Crippen LogP contribution in [0.4, 0.5) is 8.78 Å². The number of benzene rings is 1. The third-order valence-electron chi connectivity index (χ3n) is 4.80. The minimum absolute atomic E-state index is 0.0255. The van der Waals surface area contributed by atoms with Gasteiger partial charge in [0.15, 0.2) is 18.2 Å². The van der Waals surface area contributed by atoms with Crippen LogP contribution in [0.25, 0.3) is 0 Å². The van der Waals surface area contributed by atoms with Crippen LogP contribution in [0.5, 0.6) is 5.75 Å². The third-order valence-corrected chi connectivity index (χ3v) is 4.80. The van der Waals surface area contributed by atoms with E-state index in [-0.39, 0.29) is 17.6 Å². The van der Waals surface area contributed by atoms with Crippen molar-refractivity contribution in [3.63, 3.8) is 0 Å². The Hall–Kier alpha value is -2.71. The Bertz CT molecular complexity index is 760. The molecule has 0 atom stereocenters. The van der Waals surface area contributed by atoms with Crippen LogP contribution < -0.4 is 20.7 Å². The van der Waals surface area contributed by atoms with Crippen LogP contribution in [0, 0.1) is 11.6 Å². The van der Waals surface area contributed by atoms with E-state index in [2.05, 4.69) is 16.0 Å². The molecule has 1 aromatic rings. The van der Waals surface area contributed by atoms with Crippen molar-refractivity contribution in [1.82, 2.24) is 16.0 Å². The summed E-state index contributed by atoms with van der Waals surface area (Å²) in [5.41, 5.74) is -1.80. The van der Waals surface area contributed by atoms with Crippen molar-refractivity contribution in [1.29, 1.82) is 0 Å². The Morgan fingerprint density at radius 1 is 1.15 bits per heavy atom. The van der Waals surface area contributed by atoms with Gasteiger partial charge in [-0.25, -0.2) is 8.78 Å². The largest absolute Gasteiger partial charge is 0.484 e. The van der Waals surface area contributed by atoms with E-state index in [0.717, 1.165) is 12.1 Å². The molecule has 3 fully saturated rings. The number of hydrogen-bond donors (Lipinski definition) is 3. The average Bonchev–Trinajstić information content (AvgIpc) is 2.57. The van der Waals surface area contributed by atoms with E-state index in [9.17, 15) is 23.2 Å². The highest BCUT2D eigenvalue weighted by molar-refractivity contribution is 5.93. The fourth-order valence-electron chi connectivity index (χ4n) is 3.49. The quantitative estimate of drug-likeness (QED) is 0.715. The van der Waals surface area contributed by atoms with E-state index in [1.165, 1.54) is 13.0 Å². The number of carbonyl (C=O) groups excluding carboxylic acids is 3. The molecule has 0 aromatic heterocycles. The fraction of sp³-hybridized carbons (Fsp3) is 0.471. The van der Waals surface area contributed by atoms with E-state index in [4.69, 9.17) is 4.74 Å². The summed E-state index contributed by atoms with van der Waals surface area (Å²) in [7, 11) is 0. The molecular weight excluding hydrogens is 348 g/mol. The van der Waals surface area contributed by atoms with Crippen molar-refractivity contribution in [2.75, 3.05) is 6.61 Å². The first-order valence-electron chi connectivity index (χ1n) is 8.24. The smallest absolute Gasteiger partial charge is 0.259 e. The van der Waals surface area contributed by atoms with Crippen LogP contribution in [-0.2, 0) is 14.4 Å². The molecule has 1 aliphatic carbocycles. The summed E-state index contributed by atoms with van der Waals surface area (Å²) >= 11 is 0. The van der Waals surface area contributed by atoms with Gasteiger partial charge in [-0.2, -0.15) is 0 Å². The van der Waals surface area contributed by atoms with E-state index >= 15 is 0 Å². The second-order valence-corrected chi connectivity index (χ2v) is 6.71. The summed E-state index contributed by atoms with van der Waals surface area (Å²) in [6.07, 6.45) is 1.78. The Kier molecular flexibility index (Phi) is 4.55. The van der Waals surface area contributed by atoms with Crippen molar-refractivity contribution in [3.8, 4) is 5.75 Å². The van der Waals surface area contributed by atoms with Gasteiger partial charge in [0.05, 0.1) is 0 Å². The standard InChI is InChI=1S/C17H19F2N3O4/c1-10(23)20-16-4-6-17(7-5-16,22-15(16)25)21-14(24)9-26-11-2-3-12(18)13(19)8-11/h2-3,8H,4-7,9H2,1H3,(H,20,23)(H,21,24)(H,22,25). The van der Waals surface area contributed by atoms with Crippen molar-refractivity contribution in [2.45, 2.75) is 43.8 Å². The number of hydrogen-bond acceptors (Lipinski definition) is 4. The zero-order valence-electron chi connectivity index (χ0n) is 14.2. The molecule has 2 bridgehead atoms. The maximum atomic E-state index is 13.1. The Morgan fingerprint density at radius 2 is 1.85 bits per heavy atom. The molecule has 0 radical (unpaired) electrons. The van der Waals surface area contributed by atoms with Gasteiger partial charge in [-0.1, -0.05) is 0 Å². The molecule has 1 saturated carbocycles. The lowest BCUT2D eigenvalue weighted by Crippen LogP contribution is -2.76. The van der Waals surface area contributed by atoms with E-state index in [0.29, 0.717) is 25.7 Å². The minimum atomic E-state index is -1.07. The topological polar surface area (TPSA) is 96.5 Å². The maximum Gasteiger partial charge on any atom is 0.259 e. The Labute approximate surface area is 148 Å². The fourth-order valence-corrected chi connectivity index (χ4v) is 3.49. The summed E-state index contributed by atoms with van der Waals surface area (Å²) in [4.78, 5) is 35.9. The number of halogens is 2. The second kappa shape index (κ2) is 6.54. The molecule has 2 heterocycles. The number of ether oxygens (including phenoxy) is 1. The van der Waals surface area contributed by atoms with Gasteiger partial charge >= 0.3 is 0 Å². The number of nitrogens with one attached hydrogen (secondary N) is 3. The van der Waals surface area contributed by atoms with Crippen molar-refractivity contribution < 1.29 is 27.9 Å². The lowest BCUT2D eigenvalue weighted by Gasteiger charge is -2.52. The molecule has 7 nitrogen and oxygen atoms in total. The maximum absolute atomic E-state index is 13.1. The Morgan fingerprint density at radius 3 is 2.42 bits per heavy atom. The van der Waals surface area contributed by atoms with Crippen molar-refractivity contribution in [2.24, 2.45) is 0 Å². The molecule has 2 aliphatic heterocycles. The first kappa shape index (κ1) is 18.1. The molecule has 2 saturated heterocycles. The predicted octanol–water partition coefficient (Wildman–Crippen LogP) is 0.735. The molecule has 4 rings (SSSR count). The van der Waals surface area contributed by atoms with Gasteiger partial charge in [-0.05, 0) is 37.8 Å². The van der Waals surface area contributed by atoms with Crippen molar-refractivity contribution in [3.05, 3.63) is 29.8 Å². The molecule has 0 spiro atoms. The summed E-state index contributed by atoms with van der Waals surface area (Å²) in [6.45, 7) is 0.954. The van der Waals surface area contributed by atoms with Crippen LogP contribution in [0.2, 0.25) is 0 Å². The zero-order chi connectivity index (χ0) is 18.9. The number of carbonyl (C=O) groups is 3. The summed E-state index contributed by atoms with van der Waals surface area (Å²) < 4.78 is 31.2. The molecule has 9 heteroatoms. The lowest BCUT2D eigenvalue weighted by atomic mass is 9.71. The van der Waals surface area contributed by atoms with Gasteiger partial charge < -0.3 is 20.7 Å². The van der Waals surface area contributed by atoms with Gasteiger partial charge in [-0.15, -0.1) is 0 Å². The van der Waals surface area contributed by atoms with Gasteiger partial charge in [0.2, 0.25) is 11.8 Å². The van der Waals surface area contributed by atoms with Crippen LogP contribution in [-0.4, -0.2) is 35.5 Å². The van der Waals surface area contributed by atoms with Gasteiger partial charge in [-0.3, -0.25) is 14.4 Å². The zero-order valence-corrected chi connectivity index (χ0v) is 14.2. The summed E-state index contributed by atoms with van der Waals surface area (Å²) in [5.74, 6) is -3.15. The highest BCUT2D eigenvalue weighted by atomic mass is 19.2. The highest BCUT2D eigenvalue weighted by Crippen LogP contribution is 2.39. The summed E-state index contributed by atoms with van der Waals surface area (Å²) in [5, 5.41) is 8.22. The molecule has 0 unspecified atom stereocenters. The number of amides is 3. The van der Waals surface area contributed by atoms with Crippen LogP contribution in [0.3, 0.4) is 0 Å². The average molecular weight is 367 g/mol. The predicted molar refractivity (Wildman–Crippen MR) is 85.9 cm³/mol. The number of rotatable bonds is 5. The third kappa shape index (κ3) is 3.47. The van der Waals surface area contributed by atoms with Crippen LogP contribution >= 0.6 is 0 Å². The monoisotopic (exact) mass is 367 g/mol. The second-order valence-electron chi connectivity index (χ2n) is 6.71. The highest BCUT2D eigenvalue weighted by Gasteiger charge is 2.55. The molecule has 3 amide bonds. The van der Waals surface area contributed by atoms with Crippen LogP contribution in [0.15, 0.2) is 18.2 Å². The minimum Gasteiger partial charge on any atom is -0.484 e. The van der Waals surface area contributed by atoms with E-state index in [1.807, 2.05) is 0 Å². The SMILES string of the molecule is CC(=O)NC12CCC(NC(=O)COc3ccc(F)c(F)c3)(CC1)NC2=O. The number of piperidine rings is 2. The van der Waals surface area contributed by atoms with Gasteiger partial charge in [0.25, 0.3) is 5.91 Å². The Balaban J connectivity index is 1.57. The van der Waals surface area contributed by atoms with Crippen molar-refractivity contribution >= 4 is 17.7 Å². The molecule has 26 heavy (non-hydrogen) atoms. The van der Waals surface area contributed by atoms with E-state index in [1.54, 1.807) is 0 Å². The first-order valence-corrected chi connectivity index (χ1v) is 8.24. The van der Waals surface area contributed by atoms with Gasteiger partial charge in [0.1, 0.15) is 17.0 Å². The number of fused-ring (bicyclic) bond motifs is 3. The molecule has 1 aromatic carbocycles. The lowest BCUT2D eigenvalue weighted by molar-refractivity contribution is -0.146. The van der Waals surface area contributed by atoms with Crippen LogP contribution in [0.1, 0.15) is 32.6 Å². The normalized spacial score (nSPS) is 26.8. The molecule has 140 valence electrons.